The lowest BCUT2D eigenvalue weighted by Gasteiger charge is -2.32. The predicted octanol–water partition coefficient (Wildman–Crippen LogP) is 4.09. The molecule has 2 amide bonds. The first-order chi connectivity index (χ1) is 18.2. The molecule has 1 aromatic carbocycles. The molecule has 1 fully saturated rings. The molecule has 0 aliphatic carbocycles. The summed E-state index contributed by atoms with van der Waals surface area (Å²) in [7, 11) is 1.58. The second-order valence-electron chi connectivity index (χ2n) is 9.58. The van der Waals surface area contributed by atoms with Crippen molar-refractivity contribution in [2.24, 2.45) is 0 Å². The topological polar surface area (TPSA) is 113 Å². The number of carbonyl (C=O) groups excluding carboxylic acids is 2. The van der Waals surface area contributed by atoms with E-state index in [0.29, 0.717) is 44.5 Å². The van der Waals surface area contributed by atoms with Gasteiger partial charge in [0.25, 0.3) is 5.91 Å². The third-order valence-electron chi connectivity index (χ3n) is 6.48. The number of nitrogens with one attached hydrogen (secondary N) is 1. The molecule has 3 heterocycles. The Morgan fingerprint density at radius 2 is 1.95 bits per heavy atom. The van der Waals surface area contributed by atoms with Gasteiger partial charge < -0.3 is 29.5 Å². The Hall–Kier alpha value is -3.80. The van der Waals surface area contributed by atoms with Gasteiger partial charge in [-0.25, -0.2) is 23.5 Å². The van der Waals surface area contributed by atoms with E-state index >= 15 is 4.39 Å². The zero-order chi connectivity index (χ0) is 27.4. The maximum atomic E-state index is 15.1. The van der Waals surface area contributed by atoms with Crippen LogP contribution < -0.4 is 5.32 Å². The minimum Gasteiger partial charge on any atom is -0.447 e. The number of nitrogens with zero attached hydrogens (tertiary/aromatic N) is 5. The van der Waals surface area contributed by atoms with Crippen molar-refractivity contribution in [2.75, 3.05) is 38.6 Å². The van der Waals surface area contributed by atoms with Crippen molar-refractivity contribution >= 4 is 34.5 Å². The summed E-state index contributed by atoms with van der Waals surface area (Å²) in [5, 5.41) is 11.9. The van der Waals surface area contributed by atoms with Gasteiger partial charge in [0, 0.05) is 51.1 Å². The highest BCUT2D eigenvalue weighted by atomic mass is 19.1. The lowest BCUT2D eigenvalue weighted by Crippen LogP contribution is -2.40. The summed E-state index contributed by atoms with van der Waals surface area (Å²) in [4.78, 5) is 36.2. The fourth-order valence-corrected chi connectivity index (χ4v) is 4.52. The van der Waals surface area contributed by atoms with Gasteiger partial charge >= 0.3 is 6.09 Å². The van der Waals surface area contributed by atoms with E-state index in [1.807, 2.05) is 0 Å². The van der Waals surface area contributed by atoms with Crippen LogP contribution in [0.5, 0.6) is 0 Å². The molecule has 2 N–H and O–H groups in total. The van der Waals surface area contributed by atoms with E-state index in [0.717, 1.165) is 6.07 Å². The normalized spacial score (nSPS) is 14.2. The summed E-state index contributed by atoms with van der Waals surface area (Å²) in [5.74, 6) is -1.52. The molecule has 38 heavy (non-hydrogen) atoms. The summed E-state index contributed by atoms with van der Waals surface area (Å²) in [6.45, 7) is 4.83. The average molecular weight is 531 g/mol. The first-order valence-electron chi connectivity index (χ1n) is 12.6. The van der Waals surface area contributed by atoms with Crippen molar-refractivity contribution in [2.45, 2.75) is 45.3 Å². The minimum absolute atomic E-state index is 0.0312. The molecule has 1 saturated heterocycles. The van der Waals surface area contributed by atoms with Gasteiger partial charge in [0.1, 0.15) is 23.6 Å². The number of amides is 2. The SMILES string of the molecule is CC(C)OC(=O)N1CCC(n2cc(F)c3c(Nc4ccc(C(=O)N(C)CCCO)cc4F)ncnc32)CC1. The van der Waals surface area contributed by atoms with Crippen LogP contribution in [0.4, 0.5) is 25.1 Å². The summed E-state index contributed by atoms with van der Waals surface area (Å²) in [6, 6.07) is 3.90. The number of ether oxygens (including phenoxy) is 1. The number of piperidine rings is 1. The number of hydrogen-bond acceptors (Lipinski definition) is 7. The first kappa shape index (κ1) is 27.2. The highest BCUT2D eigenvalue weighted by molar-refractivity contribution is 5.95. The van der Waals surface area contributed by atoms with Crippen LogP contribution in [0.3, 0.4) is 0 Å². The van der Waals surface area contributed by atoms with E-state index in [2.05, 4.69) is 15.3 Å². The summed E-state index contributed by atoms with van der Waals surface area (Å²) >= 11 is 0. The Balaban J connectivity index is 1.52. The number of anilines is 2. The smallest absolute Gasteiger partial charge is 0.410 e. The maximum Gasteiger partial charge on any atom is 0.410 e. The molecule has 0 saturated carbocycles. The van der Waals surface area contributed by atoms with E-state index < -0.39 is 11.6 Å². The van der Waals surface area contributed by atoms with Gasteiger partial charge in [-0.15, -0.1) is 0 Å². The Labute approximate surface area is 219 Å². The number of halogens is 2. The maximum absolute atomic E-state index is 15.1. The van der Waals surface area contributed by atoms with E-state index in [-0.39, 0.29) is 53.2 Å². The number of aliphatic hydroxyl groups is 1. The number of fused-ring (bicyclic) bond motifs is 1. The van der Waals surface area contributed by atoms with Crippen LogP contribution in [-0.4, -0.2) is 80.8 Å². The van der Waals surface area contributed by atoms with Gasteiger partial charge in [-0.3, -0.25) is 4.79 Å². The second kappa shape index (κ2) is 11.7. The molecule has 10 nitrogen and oxygen atoms in total. The number of benzene rings is 1. The molecule has 12 heteroatoms. The van der Waals surface area contributed by atoms with Crippen LogP contribution >= 0.6 is 0 Å². The van der Waals surface area contributed by atoms with Crippen molar-refractivity contribution in [3.05, 3.63) is 47.9 Å². The van der Waals surface area contributed by atoms with Gasteiger partial charge in [-0.1, -0.05) is 0 Å². The summed E-state index contributed by atoms with van der Waals surface area (Å²) in [5.41, 5.74) is 0.548. The van der Waals surface area contributed by atoms with E-state index in [4.69, 9.17) is 9.84 Å². The number of carbonyl (C=O) groups is 2. The van der Waals surface area contributed by atoms with Gasteiger partial charge in [-0.05, 0) is 51.3 Å². The van der Waals surface area contributed by atoms with Crippen LogP contribution in [0.2, 0.25) is 0 Å². The van der Waals surface area contributed by atoms with E-state index in [9.17, 15) is 14.0 Å². The van der Waals surface area contributed by atoms with Crippen molar-refractivity contribution in [3.63, 3.8) is 0 Å². The average Bonchev–Trinajstić information content (AvgIpc) is 3.24. The molecule has 0 spiro atoms. The van der Waals surface area contributed by atoms with Gasteiger partial charge in [-0.2, -0.15) is 0 Å². The van der Waals surface area contributed by atoms with Crippen LogP contribution in [-0.2, 0) is 4.74 Å². The monoisotopic (exact) mass is 530 g/mol. The molecule has 1 aliphatic rings. The van der Waals surface area contributed by atoms with Gasteiger partial charge in [0.2, 0.25) is 0 Å². The van der Waals surface area contributed by atoms with Crippen molar-refractivity contribution in [1.29, 1.82) is 0 Å². The summed E-state index contributed by atoms with van der Waals surface area (Å²) in [6.07, 6.45) is 3.69. The Morgan fingerprint density at radius 3 is 2.61 bits per heavy atom. The fourth-order valence-electron chi connectivity index (χ4n) is 4.52. The lowest BCUT2D eigenvalue weighted by molar-refractivity contribution is 0.0662. The minimum atomic E-state index is -0.696. The molecule has 204 valence electrons. The summed E-state index contributed by atoms with van der Waals surface area (Å²) < 4.78 is 37.1. The quantitative estimate of drug-likeness (QED) is 0.451. The van der Waals surface area contributed by atoms with Crippen LogP contribution in [0.25, 0.3) is 11.0 Å². The molecule has 0 bridgehead atoms. The third kappa shape index (κ3) is 5.85. The number of aliphatic hydroxyl groups excluding tert-OH is 1. The van der Waals surface area contributed by atoms with Gasteiger partial charge in [0.05, 0.1) is 17.2 Å². The van der Waals surface area contributed by atoms with Crippen LogP contribution in [0.15, 0.2) is 30.7 Å². The third-order valence-corrected chi connectivity index (χ3v) is 6.48. The zero-order valence-corrected chi connectivity index (χ0v) is 21.7. The largest absolute Gasteiger partial charge is 0.447 e. The van der Waals surface area contributed by atoms with E-state index in [1.54, 1.807) is 30.4 Å². The highest BCUT2D eigenvalue weighted by Gasteiger charge is 2.28. The van der Waals surface area contributed by atoms with Crippen molar-refractivity contribution in [1.82, 2.24) is 24.3 Å². The van der Waals surface area contributed by atoms with Crippen LogP contribution in [0.1, 0.15) is 49.5 Å². The molecule has 1 aliphatic heterocycles. The highest BCUT2D eigenvalue weighted by Crippen LogP contribution is 2.33. The number of rotatable bonds is 8. The standard InChI is InChI=1S/C26H32F2N6O4/c1-16(2)38-26(37)33-10-7-18(8-11-33)34-14-20(28)22-23(29-15-30-24(22)34)31-21-6-5-17(13-19(21)27)25(36)32(3)9-4-12-35/h5-6,13-16,18,35H,4,7-12H2,1-3H3,(H,29,30,31). The Morgan fingerprint density at radius 1 is 1.21 bits per heavy atom. The zero-order valence-electron chi connectivity index (χ0n) is 21.7. The van der Waals surface area contributed by atoms with Crippen molar-refractivity contribution in [3.8, 4) is 0 Å². The van der Waals surface area contributed by atoms with Crippen LogP contribution in [0, 0.1) is 11.6 Å². The molecule has 2 aromatic heterocycles. The second-order valence-corrected chi connectivity index (χ2v) is 9.58. The number of likely N-dealkylation sites (tertiary alicyclic amines) is 1. The lowest BCUT2D eigenvalue weighted by atomic mass is 10.1. The molecule has 0 atom stereocenters. The molecule has 3 aromatic rings. The molecular weight excluding hydrogens is 498 g/mol. The first-order valence-corrected chi connectivity index (χ1v) is 12.6. The molecule has 4 rings (SSSR count). The fraction of sp³-hybridized carbons (Fsp3) is 0.462. The van der Waals surface area contributed by atoms with Gasteiger partial charge in [0.15, 0.2) is 5.82 Å². The molecular formula is C26H32F2N6O4. The predicted molar refractivity (Wildman–Crippen MR) is 137 cm³/mol. The number of hydrogen-bond donors (Lipinski definition) is 2. The van der Waals surface area contributed by atoms with E-state index in [1.165, 1.54) is 29.6 Å². The Bertz CT molecular complexity index is 1310. The molecule has 0 unspecified atom stereocenters. The Kier molecular flexibility index (Phi) is 8.40. The van der Waals surface area contributed by atoms with Crippen molar-refractivity contribution < 1.29 is 28.2 Å². The number of aromatic nitrogens is 3. The molecule has 0 radical (unpaired) electrons.